The topological polar surface area (TPSA) is 69.4 Å². The highest BCUT2D eigenvalue weighted by molar-refractivity contribution is 5.46. The van der Waals surface area contributed by atoms with Crippen LogP contribution in [0.25, 0.3) is 0 Å². The van der Waals surface area contributed by atoms with Gasteiger partial charge in [0.2, 0.25) is 0 Å². The Hall–Kier alpha value is -1.64. The lowest BCUT2D eigenvalue weighted by molar-refractivity contribution is 0.0694. The number of hydrogen-bond acceptors (Lipinski definition) is 5. The van der Waals surface area contributed by atoms with Crippen LogP contribution in [0.4, 0.5) is 5.82 Å². The molecule has 1 aromatic rings. The molecule has 92 valence electrons. The quantitative estimate of drug-likeness (QED) is 0.813. The maximum Gasteiger partial charge on any atom is 0.129 e. The van der Waals surface area contributed by atoms with E-state index in [-0.39, 0.29) is 6.61 Å². The zero-order chi connectivity index (χ0) is 12.8. The Balaban J connectivity index is 2.78. The van der Waals surface area contributed by atoms with Crippen molar-refractivity contribution in [2.24, 2.45) is 0 Å². The van der Waals surface area contributed by atoms with Gasteiger partial charge in [-0.2, -0.15) is 5.26 Å². The number of nitrogens with zero attached hydrogens (tertiary/aromatic N) is 3. The highest BCUT2D eigenvalue weighted by Gasteiger charge is 2.10. The predicted molar refractivity (Wildman–Crippen MR) is 64.8 cm³/mol. The van der Waals surface area contributed by atoms with Crippen LogP contribution in [0.15, 0.2) is 12.1 Å². The number of aryl methyl sites for hydroxylation is 1. The molecule has 1 atom stereocenters. The monoisotopic (exact) mass is 235 g/mol. The Morgan fingerprint density at radius 3 is 2.88 bits per heavy atom. The minimum absolute atomic E-state index is 0.279. The maximum atomic E-state index is 9.62. The van der Waals surface area contributed by atoms with E-state index in [2.05, 4.69) is 11.1 Å². The Bertz CT molecular complexity index is 415. The van der Waals surface area contributed by atoms with Gasteiger partial charge in [0.05, 0.1) is 24.3 Å². The summed E-state index contributed by atoms with van der Waals surface area (Å²) in [5.41, 5.74) is 1.35. The molecule has 0 saturated heterocycles. The molecule has 0 spiro atoms. The minimum Gasteiger partial charge on any atom is -0.389 e. The van der Waals surface area contributed by atoms with E-state index in [1.807, 2.05) is 14.0 Å². The maximum absolute atomic E-state index is 9.62. The number of methoxy groups -OCH3 is 1. The Morgan fingerprint density at radius 1 is 1.59 bits per heavy atom. The lowest BCUT2D eigenvalue weighted by Gasteiger charge is -2.21. The van der Waals surface area contributed by atoms with Crippen molar-refractivity contribution in [1.82, 2.24) is 4.98 Å². The third-order valence-electron chi connectivity index (χ3n) is 2.30. The predicted octanol–water partition coefficient (Wildman–Crippen LogP) is 0.705. The summed E-state index contributed by atoms with van der Waals surface area (Å²) in [5.74, 6) is 0.678. The fraction of sp³-hybridized carbons (Fsp3) is 0.500. The van der Waals surface area contributed by atoms with Gasteiger partial charge in [-0.1, -0.05) is 0 Å². The van der Waals surface area contributed by atoms with E-state index < -0.39 is 6.10 Å². The van der Waals surface area contributed by atoms with Gasteiger partial charge in [-0.25, -0.2) is 4.98 Å². The zero-order valence-corrected chi connectivity index (χ0v) is 10.3. The molecule has 5 heteroatoms. The number of pyridine rings is 1. The minimum atomic E-state index is -0.571. The van der Waals surface area contributed by atoms with Gasteiger partial charge >= 0.3 is 0 Å². The summed E-state index contributed by atoms with van der Waals surface area (Å²) in [6, 6.07) is 5.51. The fourth-order valence-electron chi connectivity index (χ4n) is 1.57. The highest BCUT2D eigenvalue weighted by atomic mass is 16.5. The molecule has 0 fully saturated rings. The molecule has 0 aromatic carbocycles. The van der Waals surface area contributed by atoms with Crippen molar-refractivity contribution in [3.05, 3.63) is 23.4 Å². The molecular weight excluding hydrogens is 218 g/mol. The lowest BCUT2D eigenvalue weighted by Crippen LogP contribution is -2.32. The van der Waals surface area contributed by atoms with Crippen LogP contribution < -0.4 is 4.90 Å². The van der Waals surface area contributed by atoms with Crippen LogP contribution in [-0.2, 0) is 4.74 Å². The van der Waals surface area contributed by atoms with E-state index in [0.29, 0.717) is 17.9 Å². The second kappa shape index (κ2) is 6.18. The van der Waals surface area contributed by atoms with Crippen molar-refractivity contribution in [2.75, 3.05) is 32.2 Å². The van der Waals surface area contributed by atoms with Gasteiger partial charge in [-0.15, -0.1) is 0 Å². The third-order valence-corrected chi connectivity index (χ3v) is 2.30. The van der Waals surface area contributed by atoms with E-state index in [1.54, 1.807) is 24.1 Å². The van der Waals surface area contributed by atoms with Crippen molar-refractivity contribution >= 4 is 5.82 Å². The molecule has 0 aliphatic heterocycles. The molecule has 0 bridgehead atoms. The van der Waals surface area contributed by atoms with Crippen molar-refractivity contribution in [3.63, 3.8) is 0 Å². The first kappa shape index (κ1) is 13.4. The smallest absolute Gasteiger partial charge is 0.129 e. The number of anilines is 1. The lowest BCUT2D eigenvalue weighted by atomic mass is 10.2. The number of aliphatic hydroxyl groups excluding tert-OH is 1. The Morgan fingerprint density at radius 2 is 2.29 bits per heavy atom. The van der Waals surface area contributed by atoms with E-state index in [4.69, 9.17) is 10.00 Å². The second-order valence-corrected chi connectivity index (χ2v) is 3.96. The second-order valence-electron chi connectivity index (χ2n) is 3.96. The normalized spacial score (nSPS) is 11.9. The first-order valence-corrected chi connectivity index (χ1v) is 5.33. The molecule has 17 heavy (non-hydrogen) atoms. The first-order valence-electron chi connectivity index (χ1n) is 5.33. The summed E-state index contributed by atoms with van der Waals surface area (Å²) in [6.45, 7) is 2.53. The largest absolute Gasteiger partial charge is 0.389 e. The number of aliphatic hydroxyl groups is 1. The van der Waals surface area contributed by atoms with Crippen LogP contribution >= 0.6 is 0 Å². The molecule has 0 aliphatic rings. The zero-order valence-electron chi connectivity index (χ0n) is 10.3. The summed E-state index contributed by atoms with van der Waals surface area (Å²) >= 11 is 0. The average molecular weight is 235 g/mol. The van der Waals surface area contributed by atoms with E-state index in [0.717, 1.165) is 5.69 Å². The molecule has 1 N–H and O–H groups in total. The summed E-state index contributed by atoms with van der Waals surface area (Å²) in [4.78, 5) is 6.12. The standard InChI is InChI=1S/C12H17N3O2/c1-9-4-10(6-13)5-12(14-9)15(2)7-11(16)8-17-3/h4-5,11,16H,7-8H2,1-3H3. The van der Waals surface area contributed by atoms with Crippen LogP contribution in [-0.4, -0.2) is 43.5 Å². The molecule has 0 amide bonds. The van der Waals surface area contributed by atoms with Crippen LogP contribution in [0, 0.1) is 18.3 Å². The molecule has 0 radical (unpaired) electrons. The molecule has 1 heterocycles. The third kappa shape index (κ3) is 4.02. The Kier molecular flexibility index (Phi) is 4.88. The summed E-state index contributed by atoms with van der Waals surface area (Å²) < 4.78 is 4.86. The molecular formula is C12H17N3O2. The van der Waals surface area contributed by atoms with E-state index in [9.17, 15) is 5.11 Å². The number of ether oxygens (including phenoxy) is 1. The van der Waals surface area contributed by atoms with Gasteiger partial charge in [0.15, 0.2) is 0 Å². The van der Waals surface area contributed by atoms with Gasteiger partial charge in [0.1, 0.15) is 5.82 Å². The number of rotatable bonds is 5. The summed E-state index contributed by atoms with van der Waals surface area (Å²) in [7, 11) is 3.36. The first-order chi connectivity index (χ1) is 8.06. The van der Waals surface area contributed by atoms with E-state index >= 15 is 0 Å². The summed E-state index contributed by atoms with van der Waals surface area (Å²) in [6.07, 6.45) is -0.571. The van der Waals surface area contributed by atoms with Crippen LogP contribution in [0.2, 0.25) is 0 Å². The van der Waals surface area contributed by atoms with Crippen LogP contribution in [0.3, 0.4) is 0 Å². The van der Waals surface area contributed by atoms with Crippen molar-refractivity contribution in [3.8, 4) is 6.07 Å². The van der Waals surface area contributed by atoms with Crippen molar-refractivity contribution in [1.29, 1.82) is 5.26 Å². The average Bonchev–Trinajstić information content (AvgIpc) is 2.28. The van der Waals surface area contributed by atoms with E-state index in [1.165, 1.54) is 0 Å². The van der Waals surface area contributed by atoms with Gasteiger partial charge in [-0.3, -0.25) is 0 Å². The number of aromatic nitrogens is 1. The Labute approximate surface area is 101 Å². The molecule has 1 rings (SSSR count). The number of nitriles is 1. The number of likely N-dealkylation sites (N-methyl/N-ethyl adjacent to an activating group) is 1. The van der Waals surface area contributed by atoms with Gasteiger partial charge in [-0.05, 0) is 19.1 Å². The van der Waals surface area contributed by atoms with Crippen LogP contribution in [0.5, 0.6) is 0 Å². The number of hydrogen-bond donors (Lipinski definition) is 1. The highest BCUT2D eigenvalue weighted by Crippen LogP contribution is 2.13. The van der Waals surface area contributed by atoms with Crippen molar-refractivity contribution < 1.29 is 9.84 Å². The SMILES string of the molecule is COCC(O)CN(C)c1cc(C#N)cc(C)n1. The van der Waals surface area contributed by atoms with Crippen molar-refractivity contribution in [2.45, 2.75) is 13.0 Å². The summed E-state index contributed by atoms with van der Waals surface area (Å²) in [5, 5.41) is 18.5. The van der Waals surface area contributed by atoms with Gasteiger partial charge in [0.25, 0.3) is 0 Å². The molecule has 0 aliphatic carbocycles. The van der Waals surface area contributed by atoms with Crippen LogP contribution in [0.1, 0.15) is 11.3 Å². The van der Waals surface area contributed by atoms with Gasteiger partial charge < -0.3 is 14.7 Å². The molecule has 1 unspecified atom stereocenters. The molecule has 1 aromatic heterocycles. The molecule has 5 nitrogen and oxygen atoms in total. The fourth-order valence-corrected chi connectivity index (χ4v) is 1.57. The molecule has 0 saturated carbocycles. The van der Waals surface area contributed by atoms with Gasteiger partial charge in [0, 0.05) is 26.4 Å².